The molecule has 9 heteroatoms. The molecule has 0 unspecified atom stereocenters. The molecule has 34 heavy (non-hydrogen) atoms. The molecule has 186 valence electrons. The number of sulfonamides is 1. The zero-order valence-electron chi connectivity index (χ0n) is 20.0. The van der Waals surface area contributed by atoms with Gasteiger partial charge in [0.15, 0.2) is 0 Å². The molecular weight excluding hydrogens is 470 g/mol. The minimum atomic E-state index is -3.56. The SMILES string of the molecule is CCCCN(CCCC)S(=O)(=O)c1ccc(NC(=O)C2CCN(C(=O)c3cccs3)CC2)cc1. The van der Waals surface area contributed by atoms with Gasteiger partial charge in [-0.25, -0.2) is 8.42 Å². The maximum Gasteiger partial charge on any atom is 0.263 e. The lowest BCUT2D eigenvalue weighted by Crippen LogP contribution is -2.41. The molecule has 1 aliphatic rings. The van der Waals surface area contributed by atoms with E-state index in [1.807, 2.05) is 31.4 Å². The molecule has 1 saturated heterocycles. The lowest BCUT2D eigenvalue weighted by molar-refractivity contribution is -0.121. The van der Waals surface area contributed by atoms with Gasteiger partial charge in [-0.2, -0.15) is 4.31 Å². The van der Waals surface area contributed by atoms with E-state index in [-0.39, 0.29) is 22.6 Å². The fourth-order valence-corrected chi connectivity index (χ4v) is 6.23. The van der Waals surface area contributed by atoms with Crippen molar-refractivity contribution >= 4 is 38.9 Å². The number of unbranched alkanes of at least 4 members (excludes halogenated alkanes) is 2. The summed E-state index contributed by atoms with van der Waals surface area (Å²) in [6.07, 6.45) is 4.75. The number of hydrogen-bond donors (Lipinski definition) is 1. The Morgan fingerprint density at radius 3 is 2.18 bits per heavy atom. The molecule has 2 amide bonds. The minimum Gasteiger partial charge on any atom is -0.338 e. The number of likely N-dealkylation sites (tertiary alicyclic amines) is 1. The third-order valence-electron chi connectivity index (χ3n) is 6.17. The fraction of sp³-hybridized carbons (Fsp3) is 0.520. The summed E-state index contributed by atoms with van der Waals surface area (Å²) in [5.74, 6) is -0.238. The number of nitrogens with one attached hydrogen (secondary N) is 1. The van der Waals surface area contributed by atoms with Gasteiger partial charge in [-0.15, -0.1) is 11.3 Å². The van der Waals surface area contributed by atoms with Crippen LogP contribution < -0.4 is 5.32 Å². The molecule has 1 fully saturated rings. The zero-order valence-corrected chi connectivity index (χ0v) is 21.7. The highest BCUT2D eigenvalue weighted by molar-refractivity contribution is 7.89. The Bertz CT molecular complexity index is 1020. The van der Waals surface area contributed by atoms with Crippen molar-refractivity contribution in [1.29, 1.82) is 0 Å². The van der Waals surface area contributed by atoms with E-state index in [0.717, 1.165) is 30.6 Å². The third-order valence-corrected chi connectivity index (χ3v) is 8.94. The Hall–Kier alpha value is -2.23. The second-order valence-corrected chi connectivity index (χ2v) is 11.6. The maximum absolute atomic E-state index is 13.1. The highest BCUT2D eigenvalue weighted by Gasteiger charge is 2.28. The van der Waals surface area contributed by atoms with Crippen LogP contribution in [0.2, 0.25) is 0 Å². The number of amides is 2. The van der Waals surface area contributed by atoms with Crippen LogP contribution in [0.25, 0.3) is 0 Å². The third kappa shape index (κ3) is 6.67. The smallest absolute Gasteiger partial charge is 0.263 e. The molecule has 2 aromatic rings. The standard InChI is InChI=1S/C25H35N3O4S2/c1-3-5-15-28(16-6-4-2)34(31,32)22-11-9-21(10-12-22)26-24(29)20-13-17-27(18-14-20)25(30)23-8-7-19-33-23/h7-12,19-20H,3-6,13-18H2,1-2H3,(H,26,29). The predicted molar refractivity (Wildman–Crippen MR) is 137 cm³/mol. The first-order valence-corrected chi connectivity index (χ1v) is 14.4. The van der Waals surface area contributed by atoms with Crippen molar-refractivity contribution in [3.63, 3.8) is 0 Å². The second-order valence-electron chi connectivity index (χ2n) is 8.67. The van der Waals surface area contributed by atoms with E-state index in [0.29, 0.717) is 44.7 Å². The van der Waals surface area contributed by atoms with Crippen molar-refractivity contribution in [2.75, 3.05) is 31.5 Å². The number of hydrogen-bond acceptors (Lipinski definition) is 5. The topological polar surface area (TPSA) is 86.8 Å². The van der Waals surface area contributed by atoms with Crippen LogP contribution in [0, 0.1) is 5.92 Å². The normalized spacial score (nSPS) is 15.0. The minimum absolute atomic E-state index is 0.0255. The highest BCUT2D eigenvalue weighted by Crippen LogP contribution is 2.24. The van der Waals surface area contributed by atoms with Crippen LogP contribution in [0.1, 0.15) is 62.0 Å². The van der Waals surface area contributed by atoms with E-state index >= 15 is 0 Å². The molecule has 7 nitrogen and oxygen atoms in total. The van der Waals surface area contributed by atoms with E-state index in [9.17, 15) is 18.0 Å². The molecule has 0 aliphatic carbocycles. The molecule has 1 aromatic carbocycles. The van der Waals surface area contributed by atoms with Crippen LogP contribution in [-0.4, -0.2) is 55.6 Å². The van der Waals surface area contributed by atoms with Gasteiger partial charge in [-0.05, 0) is 61.4 Å². The number of carbonyl (C=O) groups is 2. The molecular formula is C25H35N3O4S2. The largest absolute Gasteiger partial charge is 0.338 e. The Kier molecular flexibility index (Phi) is 9.67. The lowest BCUT2D eigenvalue weighted by Gasteiger charge is -2.31. The number of carbonyl (C=O) groups excluding carboxylic acids is 2. The highest BCUT2D eigenvalue weighted by atomic mass is 32.2. The maximum atomic E-state index is 13.1. The molecule has 0 saturated carbocycles. The molecule has 1 aromatic heterocycles. The average Bonchev–Trinajstić information content (AvgIpc) is 3.39. The molecule has 0 spiro atoms. The fourth-order valence-electron chi connectivity index (χ4n) is 4.03. The van der Waals surface area contributed by atoms with Crippen LogP contribution in [0.3, 0.4) is 0 Å². The van der Waals surface area contributed by atoms with Crippen LogP contribution in [0.5, 0.6) is 0 Å². The van der Waals surface area contributed by atoms with Crippen LogP contribution in [-0.2, 0) is 14.8 Å². The number of nitrogens with zero attached hydrogens (tertiary/aromatic N) is 2. The summed E-state index contributed by atoms with van der Waals surface area (Å²) in [7, 11) is -3.56. The quantitative estimate of drug-likeness (QED) is 0.474. The monoisotopic (exact) mass is 505 g/mol. The van der Waals surface area contributed by atoms with Crippen molar-refractivity contribution < 1.29 is 18.0 Å². The van der Waals surface area contributed by atoms with E-state index in [1.165, 1.54) is 11.3 Å². The van der Waals surface area contributed by atoms with Gasteiger partial charge in [0.1, 0.15) is 0 Å². The number of anilines is 1. The molecule has 1 N–H and O–H groups in total. The number of thiophene rings is 1. The zero-order chi connectivity index (χ0) is 24.6. The van der Waals surface area contributed by atoms with Gasteiger partial charge in [-0.3, -0.25) is 9.59 Å². The Balaban J connectivity index is 1.56. The predicted octanol–water partition coefficient (Wildman–Crippen LogP) is 4.83. The average molecular weight is 506 g/mol. The van der Waals surface area contributed by atoms with Gasteiger partial charge in [0.2, 0.25) is 15.9 Å². The number of piperidine rings is 1. The molecule has 2 heterocycles. The van der Waals surface area contributed by atoms with E-state index in [2.05, 4.69) is 5.32 Å². The summed E-state index contributed by atoms with van der Waals surface area (Å²) >= 11 is 1.43. The summed E-state index contributed by atoms with van der Waals surface area (Å²) in [5, 5.41) is 4.80. The molecule has 1 aliphatic heterocycles. The van der Waals surface area contributed by atoms with Gasteiger partial charge in [-0.1, -0.05) is 32.8 Å². The summed E-state index contributed by atoms with van der Waals surface area (Å²) in [6.45, 7) is 6.24. The van der Waals surface area contributed by atoms with E-state index < -0.39 is 10.0 Å². The van der Waals surface area contributed by atoms with Crippen molar-refractivity contribution in [3.05, 3.63) is 46.7 Å². The van der Waals surface area contributed by atoms with Gasteiger partial charge in [0.25, 0.3) is 5.91 Å². The van der Waals surface area contributed by atoms with Crippen LogP contribution in [0.4, 0.5) is 5.69 Å². The van der Waals surface area contributed by atoms with Gasteiger partial charge in [0.05, 0.1) is 9.77 Å². The number of benzene rings is 1. The van der Waals surface area contributed by atoms with Crippen molar-refractivity contribution in [1.82, 2.24) is 9.21 Å². The van der Waals surface area contributed by atoms with Crippen molar-refractivity contribution in [3.8, 4) is 0 Å². The van der Waals surface area contributed by atoms with E-state index in [1.54, 1.807) is 33.5 Å². The Labute approximate surface area is 207 Å². The van der Waals surface area contributed by atoms with Crippen molar-refractivity contribution in [2.24, 2.45) is 5.92 Å². The Morgan fingerprint density at radius 2 is 1.65 bits per heavy atom. The molecule has 3 rings (SSSR count). The van der Waals surface area contributed by atoms with Gasteiger partial charge < -0.3 is 10.2 Å². The molecule has 0 bridgehead atoms. The first-order valence-electron chi connectivity index (χ1n) is 12.1. The van der Waals surface area contributed by atoms with Gasteiger partial charge >= 0.3 is 0 Å². The van der Waals surface area contributed by atoms with Crippen LogP contribution >= 0.6 is 11.3 Å². The first kappa shape index (κ1) is 26.4. The van der Waals surface area contributed by atoms with Crippen LogP contribution in [0.15, 0.2) is 46.7 Å². The van der Waals surface area contributed by atoms with Crippen molar-refractivity contribution in [2.45, 2.75) is 57.3 Å². The summed E-state index contributed by atoms with van der Waals surface area (Å²) in [4.78, 5) is 28.0. The second kappa shape index (κ2) is 12.5. The van der Waals surface area contributed by atoms with E-state index in [4.69, 9.17) is 0 Å². The first-order chi connectivity index (χ1) is 16.4. The summed E-state index contributed by atoms with van der Waals surface area (Å²) < 4.78 is 27.8. The summed E-state index contributed by atoms with van der Waals surface area (Å²) in [5.41, 5.74) is 0.578. The number of rotatable bonds is 11. The molecule has 0 atom stereocenters. The Morgan fingerprint density at radius 1 is 1.03 bits per heavy atom. The molecule has 0 radical (unpaired) electrons. The summed E-state index contributed by atoms with van der Waals surface area (Å²) in [6, 6.07) is 10.1. The lowest BCUT2D eigenvalue weighted by atomic mass is 9.95. The van der Waals surface area contributed by atoms with Gasteiger partial charge in [0, 0.05) is 37.8 Å².